The Morgan fingerprint density at radius 1 is 0.889 bits per heavy atom. The molecule has 0 aliphatic carbocycles. The van der Waals surface area contributed by atoms with E-state index in [0.717, 1.165) is 28.0 Å². The maximum absolute atomic E-state index is 9.15. The highest BCUT2D eigenvalue weighted by atomic mass is 32.2. The van der Waals surface area contributed by atoms with Gasteiger partial charge in [-0.1, -0.05) is 84.6 Å². The van der Waals surface area contributed by atoms with Gasteiger partial charge in [-0.3, -0.25) is 0 Å². The van der Waals surface area contributed by atoms with Crippen molar-refractivity contribution in [3.05, 3.63) is 95.6 Å². The third-order valence-electron chi connectivity index (χ3n) is 3.95. The summed E-state index contributed by atoms with van der Waals surface area (Å²) in [7, 11) is 0. The molecule has 3 aromatic rings. The summed E-state index contributed by atoms with van der Waals surface area (Å²) >= 11 is 1.46. The first-order valence-corrected chi connectivity index (χ1v) is 9.56. The van der Waals surface area contributed by atoms with Crippen LogP contribution in [0.4, 0.5) is 0 Å². The number of rotatable bonds is 6. The molecular formula is C22H21N3OS. The van der Waals surface area contributed by atoms with Crippen LogP contribution < -0.4 is 5.73 Å². The summed E-state index contributed by atoms with van der Waals surface area (Å²) in [6.45, 7) is 0.0503. The molecule has 27 heavy (non-hydrogen) atoms. The highest BCUT2D eigenvalue weighted by Gasteiger charge is 1.99. The van der Waals surface area contributed by atoms with Gasteiger partial charge in [0.2, 0.25) is 0 Å². The Morgan fingerprint density at radius 2 is 1.67 bits per heavy atom. The number of aliphatic hydroxyl groups is 1. The van der Waals surface area contributed by atoms with Crippen molar-refractivity contribution >= 4 is 23.1 Å². The molecule has 136 valence electrons. The molecule has 0 atom stereocenters. The Morgan fingerprint density at radius 3 is 2.41 bits per heavy atom. The molecule has 0 spiro atoms. The Balaban J connectivity index is 1.62. The quantitative estimate of drug-likeness (QED) is 0.380. The molecule has 0 amide bonds. The van der Waals surface area contributed by atoms with Crippen molar-refractivity contribution in [1.29, 1.82) is 0 Å². The zero-order valence-corrected chi connectivity index (χ0v) is 15.6. The molecule has 0 bridgehead atoms. The van der Waals surface area contributed by atoms with Crippen molar-refractivity contribution in [2.75, 3.05) is 0 Å². The minimum absolute atomic E-state index is 0.0503. The SMILES string of the molecule is NC(=NN=Cc1cccc(-c2ccc(CO)cc2)c1)SCc1ccccc1. The van der Waals surface area contributed by atoms with Crippen molar-refractivity contribution < 1.29 is 5.11 Å². The van der Waals surface area contributed by atoms with E-state index in [0.29, 0.717) is 5.17 Å². The van der Waals surface area contributed by atoms with Crippen LogP contribution in [0.1, 0.15) is 16.7 Å². The lowest BCUT2D eigenvalue weighted by molar-refractivity contribution is 0.282. The van der Waals surface area contributed by atoms with Crippen molar-refractivity contribution in [2.45, 2.75) is 12.4 Å². The van der Waals surface area contributed by atoms with Crippen molar-refractivity contribution in [3.8, 4) is 11.1 Å². The lowest BCUT2D eigenvalue weighted by atomic mass is 10.0. The van der Waals surface area contributed by atoms with Crippen LogP contribution >= 0.6 is 11.8 Å². The molecule has 3 aromatic carbocycles. The van der Waals surface area contributed by atoms with Crippen molar-refractivity contribution in [2.24, 2.45) is 15.9 Å². The minimum Gasteiger partial charge on any atom is -0.392 e. The van der Waals surface area contributed by atoms with Crippen LogP contribution in [0, 0.1) is 0 Å². The lowest BCUT2D eigenvalue weighted by Gasteiger charge is -2.04. The third kappa shape index (κ3) is 5.81. The van der Waals surface area contributed by atoms with Gasteiger partial charge in [-0.15, -0.1) is 5.10 Å². The Bertz CT molecular complexity index is 922. The molecule has 0 unspecified atom stereocenters. The standard InChI is InChI=1S/C22H21N3OS/c23-22(27-16-18-5-2-1-3-6-18)25-24-14-19-7-4-8-21(13-19)20-11-9-17(15-26)10-12-20/h1-14,26H,15-16H2,(H2,23,25). The zero-order chi connectivity index (χ0) is 18.9. The number of thioether (sulfide) groups is 1. The molecule has 4 nitrogen and oxygen atoms in total. The van der Waals surface area contributed by atoms with Crippen LogP contribution in [0.2, 0.25) is 0 Å². The average molecular weight is 375 g/mol. The molecule has 0 radical (unpaired) electrons. The van der Waals surface area contributed by atoms with E-state index >= 15 is 0 Å². The van der Waals surface area contributed by atoms with Gasteiger partial charge >= 0.3 is 0 Å². The first kappa shape index (κ1) is 18.9. The number of amidine groups is 1. The van der Waals surface area contributed by atoms with E-state index < -0.39 is 0 Å². The highest BCUT2D eigenvalue weighted by Crippen LogP contribution is 2.20. The number of nitrogens with zero attached hydrogens (tertiary/aromatic N) is 2. The first-order valence-electron chi connectivity index (χ1n) is 8.58. The van der Waals surface area contributed by atoms with Crippen LogP contribution in [-0.2, 0) is 12.4 Å². The van der Waals surface area contributed by atoms with Gasteiger partial charge < -0.3 is 10.8 Å². The van der Waals surface area contributed by atoms with Gasteiger partial charge in [-0.2, -0.15) is 5.10 Å². The van der Waals surface area contributed by atoms with Gasteiger partial charge in [0, 0.05) is 5.75 Å². The van der Waals surface area contributed by atoms with Gasteiger partial charge in [0.1, 0.15) is 0 Å². The Labute approximate surface area is 163 Å². The van der Waals surface area contributed by atoms with Crippen LogP contribution in [0.3, 0.4) is 0 Å². The number of aliphatic hydroxyl groups excluding tert-OH is 1. The fraction of sp³-hybridized carbons (Fsp3) is 0.0909. The fourth-order valence-electron chi connectivity index (χ4n) is 2.51. The summed E-state index contributed by atoms with van der Waals surface area (Å²) in [6.07, 6.45) is 1.70. The topological polar surface area (TPSA) is 71.0 Å². The second-order valence-electron chi connectivity index (χ2n) is 5.94. The van der Waals surface area contributed by atoms with E-state index in [1.165, 1.54) is 17.3 Å². The molecule has 3 rings (SSSR count). The maximum Gasteiger partial charge on any atom is 0.180 e. The van der Waals surface area contributed by atoms with E-state index in [4.69, 9.17) is 10.8 Å². The molecule has 0 saturated carbocycles. The predicted octanol–water partition coefficient (Wildman–Crippen LogP) is 4.43. The van der Waals surface area contributed by atoms with E-state index in [-0.39, 0.29) is 6.61 Å². The van der Waals surface area contributed by atoms with Crippen LogP contribution in [0.15, 0.2) is 89.1 Å². The maximum atomic E-state index is 9.15. The fourth-order valence-corrected chi connectivity index (χ4v) is 3.13. The largest absolute Gasteiger partial charge is 0.392 e. The second kappa shape index (κ2) is 9.71. The van der Waals surface area contributed by atoms with E-state index in [1.54, 1.807) is 6.21 Å². The summed E-state index contributed by atoms with van der Waals surface area (Å²) in [6, 6.07) is 26.0. The number of benzene rings is 3. The summed E-state index contributed by atoms with van der Waals surface area (Å²) in [4.78, 5) is 0. The molecule has 0 aromatic heterocycles. The van der Waals surface area contributed by atoms with Crippen molar-refractivity contribution in [3.63, 3.8) is 0 Å². The lowest BCUT2D eigenvalue weighted by Crippen LogP contribution is -2.05. The van der Waals surface area contributed by atoms with Crippen LogP contribution in [0.5, 0.6) is 0 Å². The smallest absolute Gasteiger partial charge is 0.180 e. The second-order valence-corrected chi connectivity index (χ2v) is 6.93. The van der Waals surface area contributed by atoms with Crippen molar-refractivity contribution in [1.82, 2.24) is 0 Å². The molecule has 5 heteroatoms. The average Bonchev–Trinajstić information content (AvgIpc) is 2.73. The molecule has 0 saturated heterocycles. The zero-order valence-electron chi connectivity index (χ0n) is 14.8. The minimum atomic E-state index is 0.0503. The van der Waals surface area contributed by atoms with E-state index in [9.17, 15) is 0 Å². The van der Waals surface area contributed by atoms with Gasteiger partial charge in [-0.05, 0) is 33.9 Å². The highest BCUT2D eigenvalue weighted by molar-refractivity contribution is 8.13. The number of hydrogen-bond acceptors (Lipinski definition) is 4. The first-order chi connectivity index (χ1) is 13.2. The number of nitrogens with two attached hydrogens (primary N) is 1. The monoisotopic (exact) mass is 375 g/mol. The predicted molar refractivity (Wildman–Crippen MR) is 115 cm³/mol. The summed E-state index contributed by atoms with van der Waals surface area (Å²) in [5, 5.41) is 17.7. The Hall–Kier alpha value is -2.89. The summed E-state index contributed by atoms with van der Waals surface area (Å²) in [5.41, 5.74) is 11.1. The Kier molecular flexibility index (Phi) is 6.79. The van der Waals surface area contributed by atoms with E-state index in [1.807, 2.05) is 66.7 Å². The van der Waals surface area contributed by atoms with E-state index in [2.05, 4.69) is 22.3 Å². The summed E-state index contributed by atoms with van der Waals surface area (Å²) < 4.78 is 0. The molecule has 0 aliphatic rings. The normalized spacial score (nSPS) is 11.8. The summed E-state index contributed by atoms with van der Waals surface area (Å²) in [5.74, 6) is 0.769. The molecule has 0 fully saturated rings. The van der Waals surface area contributed by atoms with Gasteiger partial charge in [0.25, 0.3) is 0 Å². The van der Waals surface area contributed by atoms with Crippen LogP contribution in [-0.4, -0.2) is 16.5 Å². The third-order valence-corrected chi connectivity index (χ3v) is 4.80. The molecular weight excluding hydrogens is 354 g/mol. The van der Waals surface area contributed by atoms with Gasteiger partial charge in [-0.25, -0.2) is 0 Å². The van der Waals surface area contributed by atoms with Gasteiger partial charge in [0.15, 0.2) is 5.17 Å². The molecule has 0 heterocycles. The molecule has 0 aliphatic heterocycles. The number of hydrogen-bond donors (Lipinski definition) is 2. The van der Waals surface area contributed by atoms with Gasteiger partial charge in [0.05, 0.1) is 12.8 Å². The molecule has 3 N–H and O–H groups in total. The van der Waals surface area contributed by atoms with Crippen LogP contribution in [0.25, 0.3) is 11.1 Å².